The molecule has 0 fully saturated rings. The van der Waals surface area contributed by atoms with Crippen molar-refractivity contribution in [3.8, 4) is 0 Å². The molecule has 0 N–H and O–H groups in total. The predicted octanol–water partition coefficient (Wildman–Crippen LogP) is 1.38. The molecule has 0 bridgehead atoms. The van der Waals surface area contributed by atoms with E-state index in [1.807, 2.05) is 6.33 Å². The monoisotopic (exact) mass is 210 g/mol. The maximum absolute atomic E-state index is 5.19. The number of ether oxygens (including phenoxy) is 2. The van der Waals surface area contributed by atoms with Gasteiger partial charge < -0.3 is 14.0 Å². The highest BCUT2D eigenvalue weighted by molar-refractivity contribution is 5.16. The van der Waals surface area contributed by atoms with Crippen LogP contribution in [0.3, 0.4) is 0 Å². The Kier molecular flexibility index (Phi) is 3.38. The highest BCUT2D eigenvalue weighted by atomic mass is 16.7. The summed E-state index contributed by atoms with van der Waals surface area (Å²) >= 11 is 0. The van der Waals surface area contributed by atoms with Crippen LogP contribution in [0.15, 0.2) is 6.33 Å². The number of nitrogens with zero attached hydrogens (tertiary/aromatic N) is 2. The highest BCUT2D eigenvalue weighted by Crippen LogP contribution is 2.20. The fourth-order valence-electron chi connectivity index (χ4n) is 2.09. The van der Waals surface area contributed by atoms with E-state index < -0.39 is 0 Å². The van der Waals surface area contributed by atoms with E-state index in [0.29, 0.717) is 0 Å². The molecule has 4 nitrogen and oxygen atoms in total. The third-order valence-electron chi connectivity index (χ3n) is 2.98. The van der Waals surface area contributed by atoms with Crippen molar-refractivity contribution < 1.29 is 9.47 Å². The van der Waals surface area contributed by atoms with E-state index in [-0.39, 0.29) is 6.29 Å². The van der Waals surface area contributed by atoms with E-state index in [4.69, 9.17) is 9.47 Å². The van der Waals surface area contributed by atoms with Crippen molar-refractivity contribution in [2.24, 2.45) is 0 Å². The smallest absolute Gasteiger partial charge is 0.174 e. The Bertz CT molecular complexity index is 318. The maximum Gasteiger partial charge on any atom is 0.174 e. The standard InChI is InChI=1S/C11H18N2O2/c1-14-11(15-2)7-13-8-12-9-5-3-4-6-10(9)13/h8,11H,3-7H2,1-2H3. The zero-order valence-corrected chi connectivity index (χ0v) is 9.40. The molecule has 2 rings (SSSR count). The molecule has 0 radical (unpaired) electrons. The first-order valence-electron chi connectivity index (χ1n) is 5.43. The van der Waals surface area contributed by atoms with Crippen molar-refractivity contribution in [1.82, 2.24) is 9.55 Å². The van der Waals surface area contributed by atoms with Crippen LogP contribution < -0.4 is 0 Å². The van der Waals surface area contributed by atoms with E-state index in [9.17, 15) is 0 Å². The summed E-state index contributed by atoms with van der Waals surface area (Å²) in [7, 11) is 3.33. The fourth-order valence-corrected chi connectivity index (χ4v) is 2.09. The second-order valence-electron chi connectivity index (χ2n) is 3.90. The summed E-state index contributed by atoms with van der Waals surface area (Å²) in [6.07, 6.45) is 6.51. The molecule has 1 aliphatic rings. The van der Waals surface area contributed by atoms with Crippen LogP contribution in [-0.2, 0) is 28.9 Å². The van der Waals surface area contributed by atoms with Gasteiger partial charge in [-0.1, -0.05) is 0 Å². The van der Waals surface area contributed by atoms with Gasteiger partial charge in [0.1, 0.15) is 0 Å². The zero-order valence-electron chi connectivity index (χ0n) is 9.40. The maximum atomic E-state index is 5.19. The minimum Gasteiger partial charge on any atom is -0.354 e. The highest BCUT2D eigenvalue weighted by Gasteiger charge is 2.17. The average molecular weight is 210 g/mol. The number of hydrogen-bond acceptors (Lipinski definition) is 3. The van der Waals surface area contributed by atoms with Gasteiger partial charge in [-0.05, 0) is 25.7 Å². The molecule has 0 atom stereocenters. The minimum atomic E-state index is -0.176. The minimum absolute atomic E-state index is 0.176. The quantitative estimate of drug-likeness (QED) is 0.704. The summed E-state index contributed by atoms with van der Waals surface area (Å²) in [6.45, 7) is 0.731. The van der Waals surface area contributed by atoms with Gasteiger partial charge in [0, 0.05) is 19.9 Å². The van der Waals surface area contributed by atoms with Crippen LogP contribution in [-0.4, -0.2) is 30.1 Å². The number of aryl methyl sites for hydroxylation is 1. The molecule has 0 amide bonds. The molecule has 0 saturated carbocycles. The van der Waals surface area contributed by atoms with Crippen molar-refractivity contribution >= 4 is 0 Å². The van der Waals surface area contributed by atoms with Crippen LogP contribution in [0, 0.1) is 0 Å². The van der Waals surface area contributed by atoms with Gasteiger partial charge in [0.2, 0.25) is 0 Å². The van der Waals surface area contributed by atoms with Crippen LogP contribution in [0.4, 0.5) is 0 Å². The Morgan fingerprint density at radius 1 is 1.33 bits per heavy atom. The van der Waals surface area contributed by atoms with E-state index in [1.165, 1.54) is 24.2 Å². The number of hydrogen-bond donors (Lipinski definition) is 0. The first kappa shape index (κ1) is 10.6. The van der Waals surface area contributed by atoms with Gasteiger partial charge in [0.05, 0.1) is 18.6 Å². The lowest BCUT2D eigenvalue weighted by molar-refractivity contribution is -0.111. The van der Waals surface area contributed by atoms with E-state index in [2.05, 4.69) is 9.55 Å². The lowest BCUT2D eigenvalue weighted by Gasteiger charge is -2.18. The van der Waals surface area contributed by atoms with Gasteiger partial charge in [-0.3, -0.25) is 0 Å². The summed E-state index contributed by atoms with van der Waals surface area (Å²) in [6, 6.07) is 0. The average Bonchev–Trinajstić information content (AvgIpc) is 2.69. The van der Waals surface area contributed by atoms with Crippen LogP contribution in [0.5, 0.6) is 0 Å². The summed E-state index contributed by atoms with van der Waals surface area (Å²) in [5.74, 6) is 0. The number of aromatic nitrogens is 2. The van der Waals surface area contributed by atoms with Crippen molar-refractivity contribution in [3.63, 3.8) is 0 Å². The first-order chi connectivity index (χ1) is 7.35. The topological polar surface area (TPSA) is 36.3 Å². The largest absolute Gasteiger partial charge is 0.354 e. The summed E-state index contributed by atoms with van der Waals surface area (Å²) in [5, 5.41) is 0. The van der Waals surface area contributed by atoms with Gasteiger partial charge in [-0.25, -0.2) is 4.98 Å². The van der Waals surface area contributed by atoms with E-state index in [1.54, 1.807) is 14.2 Å². The summed E-state index contributed by atoms with van der Waals surface area (Å²) in [5.41, 5.74) is 2.62. The molecule has 0 aliphatic heterocycles. The molecule has 0 unspecified atom stereocenters. The molecular weight excluding hydrogens is 192 g/mol. The lowest BCUT2D eigenvalue weighted by atomic mass is 10.0. The molecule has 1 aromatic heterocycles. The molecular formula is C11H18N2O2. The summed E-state index contributed by atoms with van der Waals surface area (Å²) < 4.78 is 12.5. The molecule has 84 valence electrons. The van der Waals surface area contributed by atoms with Crippen LogP contribution >= 0.6 is 0 Å². The lowest BCUT2D eigenvalue weighted by Crippen LogP contribution is -2.22. The van der Waals surface area contributed by atoms with E-state index in [0.717, 1.165) is 19.4 Å². The predicted molar refractivity (Wildman–Crippen MR) is 56.7 cm³/mol. The number of methoxy groups -OCH3 is 2. The van der Waals surface area contributed by atoms with Crippen LogP contribution in [0.2, 0.25) is 0 Å². The van der Waals surface area contributed by atoms with Gasteiger partial charge >= 0.3 is 0 Å². The van der Waals surface area contributed by atoms with Gasteiger partial charge in [-0.15, -0.1) is 0 Å². The van der Waals surface area contributed by atoms with Crippen LogP contribution in [0.25, 0.3) is 0 Å². The van der Waals surface area contributed by atoms with Gasteiger partial charge in [-0.2, -0.15) is 0 Å². The number of imidazole rings is 1. The second-order valence-corrected chi connectivity index (χ2v) is 3.90. The molecule has 0 spiro atoms. The molecule has 4 heteroatoms. The molecule has 1 aliphatic carbocycles. The SMILES string of the molecule is COC(Cn1cnc2c1CCCC2)OC. The number of fused-ring (bicyclic) bond motifs is 1. The zero-order chi connectivity index (χ0) is 10.7. The Morgan fingerprint density at radius 3 is 2.80 bits per heavy atom. The Labute approximate surface area is 90.2 Å². The normalized spacial score (nSPS) is 15.7. The second kappa shape index (κ2) is 4.77. The Balaban J connectivity index is 2.11. The number of rotatable bonds is 4. The fraction of sp³-hybridized carbons (Fsp3) is 0.727. The molecule has 1 heterocycles. The third kappa shape index (κ3) is 2.21. The van der Waals surface area contributed by atoms with Crippen molar-refractivity contribution in [2.45, 2.75) is 38.5 Å². The van der Waals surface area contributed by atoms with E-state index >= 15 is 0 Å². The Hall–Kier alpha value is -0.870. The van der Waals surface area contributed by atoms with Crippen LogP contribution in [0.1, 0.15) is 24.2 Å². The van der Waals surface area contributed by atoms with Crippen molar-refractivity contribution in [2.75, 3.05) is 14.2 Å². The summed E-state index contributed by atoms with van der Waals surface area (Å²) in [4.78, 5) is 4.43. The molecule has 15 heavy (non-hydrogen) atoms. The van der Waals surface area contributed by atoms with Crippen molar-refractivity contribution in [3.05, 3.63) is 17.7 Å². The van der Waals surface area contributed by atoms with Gasteiger partial charge in [0.15, 0.2) is 6.29 Å². The Morgan fingerprint density at radius 2 is 2.07 bits per heavy atom. The van der Waals surface area contributed by atoms with Crippen molar-refractivity contribution in [1.29, 1.82) is 0 Å². The van der Waals surface area contributed by atoms with Gasteiger partial charge in [0.25, 0.3) is 0 Å². The molecule has 0 saturated heterocycles. The first-order valence-corrected chi connectivity index (χ1v) is 5.43. The third-order valence-corrected chi connectivity index (χ3v) is 2.98. The molecule has 1 aromatic rings. The molecule has 0 aromatic carbocycles.